The Morgan fingerprint density at radius 1 is 1.55 bits per heavy atom. The minimum absolute atomic E-state index is 0.165. The Morgan fingerprint density at radius 2 is 2.27 bits per heavy atom. The van der Waals surface area contributed by atoms with Gasteiger partial charge in [-0.05, 0) is 20.3 Å². The second-order valence-electron chi connectivity index (χ2n) is 5.97. The third kappa shape index (κ3) is 3.60. The van der Waals surface area contributed by atoms with Crippen molar-refractivity contribution < 1.29 is 8.42 Å². The van der Waals surface area contributed by atoms with Gasteiger partial charge >= 0.3 is 0 Å². The fraction of sp³-hybridized carbons (Fsp3) is 0.714. The first-order valence-electron chi connectivity index (χ1n) is 7.40. The van der Waals surface area contributed by atoms with E-state index < -0.39 is 14.6 Å². The summed E-state index contributed by atoms with van der Waals surface area (Å²) < 4.78 is 23.4. The summed E-state index contributed by atoms with van der Waals surface area (Å²) in [7, 11) is -1.32. The zero-order valence-electron chi connectivity index (χ0n) is 13.6. The van der Waals surface area contributed by atoms with Gasteiger partial charge in [-0.2, -0.15) is 0 Å². The number of sulfone groups is 1. The van der Waals surface area contributed by atoms with Crippen molar-refractivity contribution in [2.45, 2.75) is 38.5 Å². The molecule has 0 atom stereocenters. The van der Waals surface area contributed by atoms with Gasteiger partial charge in [-0.25, -0.2) is 13.4 Å². The minimum atomic E-state index is -3.04. The molecular formula is C14H24N4O2S2. The van der Waals surface area contributed by atoms with Crippen LogP contribution >= 0.6 is 11.3 Å². The molecule has 22 heavy (non-hydrogen) atoms. The molecule has 0 spiro atoms. The molecule has 0 saturated carbocycles. The molecule has 2 rings (SSSR count). The fourth-order valence-corrected chi connectivity index (χ4v) is 4.57. The molecule has 1 fully saturated rings. The Labute approximate surface area is 136 Å². The molecule has 1 N–H and O–H groups in total. The number of hydrogen-bond donors (Lipinski definition) is 1. The molecule has 1 saturated heterocycles. The number of nitrogens with zero attached hydrogens (tertiary/aromatic N) is 3. The first-order chi connectivity index (χ1) is 10.3. The van der Waals surface area contributed by atoms with Crippen molar-refractivity contribution in [3.05, 3.63) is 16.1 Å². The van der Waals surface area contributed by atoms with Crippen LogP contribution in [0.15, 0.2) is 11.2 Å². The fourth-order valence-electron chi connectivity index (χ4n) is 2.40. The van der Waals surface area contributed by atoms with Crippen LogP contribution in [-0.4, -0.2) is 54.9 Å². The Hall–Kier alpha value is -1.15. The lowest BCUT2D eigenvalue weighted by molar-refractivity contribution is 0.353. The van der Waals surface area contributed by atoms with E-state index >= 15 is 0 Å². The van der Waals surface area contributed by atoms with E-state index in [4.69, 9.17) is 0 Å². The van der Waals surface area contributed by atoms with Crippen molar-refractivity contribution in [3.8, 4) is 0 Å². The molecule has 8 heteroatoms. The summed E-state index contributed by atoms with van der Waals surface area (Å²) in [4.78, 5) is 11.9. The van der Waals surface area contributed by atoms with Crippen LogP contribution in [0, 0.1) is 0 Å². The highest BCUT2D eigenvalue weighted by Crippen LogP contribution is 2.23. The van der Waals surface area contributed by atoms with Gasteiger partial charge in [-0.15, -0.1) is 11.3 Å². The van der Waals surface area contributed by atoms with Gasteiger partial charge in [0.15, 0.2) is 15.8 Å². The maximum absolute atomic E-state index is 12.1. The number of hydrogen-bond acceptors (Lipinski definition) is 5. The topological polar surface area (TPSA) is 74.7 Å². The molecule has 1 aliphatic rings. The Balaban J connectivity index is 2.01. The van der Waals surface area contributed by atoms with Crippen LogP contribution in [0.3, 0.4) is 0 Å². The maximum Gasteiger partial charge on any atom is 0.194 e. The van der Waals surface area contributed by atoms with Crippen molar-refractivity contribution in [2.75, 3.05) is 25.9 Å². The van der Waals surface area contributed by atoms with E-state index in [2.05, 4.69) is 22.2 Å². The third-order valence-electron chi connectivity index (χ3n) is 3.90. The van der Waals surface area contributed by atoms with Crippen LogP contribution in [0.1, 0.15) is 30.7 Å². The van der Waals surface area contributed by atoms with Crippen molar-refractivity contribution in [3.63, 3.8) is 0 Å². The molecule has 1 aromatic heterocycles. The van der Waals surface area contributed by atoms with Crippen LogP contribution in [0.2, 0.25) is 0 Å². The average Bonchev–Trinajstić information content (AvgIpc) is 2.91. The molecule has 0 radical (unpaired) electrons. The van der Waals surface area contributed by atoms with Crippen molar-refractivity contribution in [2.24, 2.45) is 4.99 Å². The SMILES string of the molecule is CCc1cnc(CNC(=NC)N2CCS(=O)(=O)C(C)(C)C2)s1. The summed E-state index contributed by atoms with van der Waals surface area (Å²) in [5.74, 6) is 0.897. The number of aromatic nitrogens is 1. The summed E-state index contributed by atoms with van der Waals surface area (Å²) in [6.45, 7) is 7.20. The molecule has 0 aromatic carbocycles. The first-order valence-corrected chi connectivity index (χ1v) is 9.87. The Kier molecular flexibility index (Phi) is 5.11. The van der Waals surface area contributed by atoms with E-state index in [1.807, 2.05) is 11.1 Å². The lowest BCUT2D eigenvalue weighted by atomic mass is 10.2. The molecular weight excluding hydrogens is 320 g/mol. The monoisotopic (exact) mass is 344 g/mol. The number of nitrogens with one attached hydrogen (secondary N) is 1. The average molecular weight is 345 g/mol. The van der Waals surface area contributed by atoms with Gasteiger partial charge in [0.2, 0.25) is 0 Å². The van der Waals surface area contributed by atoms with E-state index in [9.17, 15) is 8.42 Å². The zero-order chi connectivity index (χ0) is 16.4. The van der Waals surface area contributed by atoms with Gasteiger partial charge in [-0.3, -0.25) is 4.99 Å². The van der Waals surface area contributed by atoms with E-state index in [-0.39, 0.29) is 5.75 Å². The van der Waals surface area contributed by atoms with Gasteiger partial charge in [0, 0.05) is 31.2 Å². The smallest absolute Gasteiger partial charge is 0.194 e. The largest absolute Gasteiger partial charge is 0.350 e. The van der Waals surface area contributed by atoms with Crippen molar-refractivity contribution >= 4 is 27.1 Å². The van der Waals surface area contributed by atoms with Gasteiger partial charge < -0.3 is 10.2 Å². The van der Waals surface area contributed by atoms with Crippen LogP contribution < -0.4 is 5.32 Å². The maximum atomic E-state index is 12.1. The molecule has 1 aliphatic heterocycles. The molecule has 0 bridgehead atoms. The highest BCUT2D eigenvalue weighted by atomic mass is 32.2. The van der Waals surface area contributed by atoms with E-state index in [0.717, 1.165) is 17.4 Å². The zero-order valence-corrected chi connectivity index (χ0v) is 15.2. The van der Waals surface area contributed by atoms with Crippen molar-refractivity contribution in [1.82, 2.24) is 15.2 Å². The lowest BCUT2D eigenvalue weighted by Gasteiger charge is -2.39. The van der Waals surface area contributed by atoms with Crippen LogP contribution in [0.25, 0.3) is 0 Å². The molecule has 0 unspecified atom stereocenters. The van der Waals surface area contributed by atoms with E-state index in [1.165, 1.54) is 4.88 Å². The molecule has 6 nitrogen and oxygen atoms in total. The van der Waals surface area contributed by atoms with Crippen LogP contribution in [0.4, 0.5) is 0 Å². The lowest BCUT2D eigenvalue weighted by Crippen LogP contribution is -2.57. The number of rotatable bonds is 3. The second-order valence-corrected chi connectivity index (χ2v) is 9.92. The summed E-state index contributed by atoms with van der Waals surface area (Å²) in [6, 6.07) is 0. The second kappa shape index (κ2) is 6.54. The summed E-state index contributed by atoms with van der Waals surface area (Å²) in [5.41, 5.74) is 0. The quantitative estimate of drug-likeness (QED) is 0.661. The summed E-state index contributed by atoms with van der Waals surface area (Å²) >= 11 is 1.69. The van der Waals surface area contributed by atoms with Crippen molar-refractivity contribution in [1.29, 1.82) is 0 Å². The summed E-state index contributed by atoms with van der Waals surface area (Å²) in [6.07, 6.45) is 2.89. The van der Waals surface area contributed by atoms with Gasteiger partial charge in [0.25, 0.3) is 0 Å². The number of guanidine groups is 1. The normalized spacial score (nSPS) is 20.9. The molecule has 1 aromatic rings. The highest BCUT2D eigenvalue weighted by Gasteiger charge is 2.40. The van der Waals surface area contributed by atoms with Gasteiger partial charge in [0.05, 0.1) is 17.0 Å². The standard InChI is InChI=1S/C14H24N4O2S2/c1-5-11-8-16-12(21-11)9-17-13(15-4)18-6-7-22(19,20)14(2,3)10-18/h8H,5-7,9-10H2,1-4H3,(H,15,17). The van der Waals surface area contributed by atoms with Crippen LogP contribution in [-0.2, 0) is 22.8 Å². The Bertz CT molecular complexity index is 650. The van der Waals surface area contributed by atoms with Crippen LogP contribution in [0.5, 0.6) is 0 Å². The molecule has 0 amide bonds. The van der Waals surface area contributed by atoms with Gasteiger partial charge in [0.1, 0.15) is 5.01 Å². The number of aliphatic imine (C=N–C) groups is 1. The molecule has 2 heterocycles. The summed E-state index contributed by atoms with van der Waals surface area (Å²) in [5, 5.41) is 4.30. The molecule has 124 valence electrons. The third-order valence-corrected chi connectivity index (χ3v) is 7.58. The number of thiazole rings is 1. The molecule has 0 aliphatic carbocycles. The minimum Gasteiger partial charge on any atom is -0.350 e. The predicted octanol–water partition coefficient (Wildman–Crippen LogP) is 1.29. The van der Waals surface area contributed by atoms with Gasteiger partial charge in [-0.1, -0.05) is 6.92 Å². The Morgan fingerprint density at radius 3 is 2.82 bits per heavy atom. The highest BCUT2D eigenvalue weighted by molar-refractivity contribution is 7.92. The predicted molar refractivity (Wildman–Crippen MR) is 91.1 cm³/mol. The number of aryl methyl sites for hydroxylation is 1. The first kappa shape index (κ1) is 17.2. The van der Waals surface area contributed by atoms with E-state index in [0.29, 0.717) is 19.6 Å². The van der Waals surface area contributed by atoms with E-state index in [1.54, 1.807) is 32.2 Å².